The lowest BCUT2D eigenvalue weighted by molar-refractivity contribution is 0.0763. The number of hydrogen-bond donors (Lipinski definition) is 0. The molecule has 0 unspecified atom stereocenters. The fourth-order valence-corrected chi connectivity index (χ4v) is 4.10. The van der Waals surface area contributed by atoms with Crippen molar-refractivity contribution in [3.8, 4) is 0 Å². The highest BCUT2D eigenvalue weighted by molar-refractivity contribution is 5.94. The molecule has 0 aliphatic carbocycles. The molecule has 1 amide bonds. The normalized spacial score (nSPS) is 16.8. The second kappa shape index (κ2) is 8.60. The van der Waals surface area contributed by atoms with Crippen molar-refractivity contribution in [2.24, 2.45) is 0 Å². The molecule has 2 aliphatic heterocycles. The van der Waals surface area contributed by atoms with E-state index >= 15 is 0 Å². The molecular formula is C23H31N5O2. The zero-order chi connectivity index (χ0) is 21.3. The topological polar surface area (TPSA) is 61.8 Å². The van der Waals surface area contributed by atoms with Gasteiger partial charge in [0.25, 0.3) is 5.91 Å². The van der Waals surface area contributed by atoms with E-state index in [0.717, 1.165) is 60.1 Å². The fraction of sp³-hybridized carbons (Fsp3) is 0.522. The van der Waals surface area contributed by atoms with Gasteiger partial charge in [0.15, 0.2) is 0 Å². The number of aromatic nitrogens is 2. The third kappa shape index (κ3) is 4.12. The maximum Gasteiger partial charge on any atom is 0.253 e. The molecule has 1 aromatic heterocycles. The molecule has 30 heavy (non-hydrogen) atoms. The molecule has 2 aromatic rings. The summed E-state index contributed by atoms with van der Waals surface area (Å²) in [6.07, 6.45) is 1.51. The van der Waals surface area contributed by atoms with Gasteiger partial charge in [0, 0.05) is 57.8 Å². The third-order valence-electron chi connectivity index (χ3n) is 6.07. The highest BCUT2D eigenvalue weighted by Crippen LogP contribution is 2.27. The van der Waals surface area contributed by atoms with Gasteiger partial charge < -0.3 is 19.4 Å². The van der Waals surface area contributed by atoms with E-state index in [2.05, 4.69) is 23.6 Å². The molecule has 7 heteroatoms. The standard InChI is InChI=1S/C23H31N5O2/c1-16-5-6-18(15-17(16)2)22(29)27-9-7-19-20(8-10-27)24-23(25-21(19)26(3)4)28-11-13-30-14-12-28/h5-6,15H,7-14H2,1-4H3. The van der Waals surface area contributed by atoms with Gasteiger partial charge in [-0.1, -0.05) is 6.07 Å². The van der Waals surface area contributed by atoms with Gasteiger partial charge in [0.1, 0.15) is 5.82 Å². The number of ether oxygens (including phenoxy) is 1. The SMILES string of the molecule is Cc1ccc(C(=O)N2CCc3nc(N4CCOCC4)nc(N(C)C)c3CC2)cc1C. The molecule has 0 saturated carbocycles. The van der Waals surface area contributed by atoms with Crippen LogP contribution in [0.15, 0.2) is 18.2 Å². The van der Waals surface area contributed by atoms with Gasteiger partial charge in [0.05, 0.1) is 18.9 Å². The first-order valence-electron chi connectivity index (χ1n) is 10.7. The van der Waals surface area contributed by atoms with E-state index in [-0.39, 0.29) is 5.91 Å². The van der Waals surface area contributed by atoms with Gasteiger partial charge in [0.2, 0.25) is 5.95 Å². The molecule has 1 aromatic carbocycles. The number of benzene rings is 1. The summed E-state index contributed by atoms with van der Waals surface area (Å²) in [5, 5.41) is 0. The van der Waals surface area contributed by atoms with Crippen LogP contribution in [0.4, 0.5) is 11.8 Å². The largest absolute Gasteiger partial charge is 0.378 e. The first kappa shape index (κ1) is 20.6. The van der Waals surface area contributed by atoms with Crippen LogP contribution in [-0.2, 0) is 17.6 Å². The lowest BCUT2D eigenvalue weighted by Gasteiger charge is -2.28. The molecule has 0 bridgehead atoms. The molecule has 4 rings (SSSR count). The number of morpholine rings is 1. The highest BCUT2D eigenvalue weighted by atomic mass is 16.5. The second-order valence-corrected chi connectivity index (χ2v) is 8.36. The van der Waals surface area contributed by atoms with Crippen LogP contribution >= 0.6 is 0 Å². The Hall–Kier alpha value is -2.67. The van der Waals surface area contributed by atoms with Gasteiger partial charge in [-0.25, -0.2) is 4.98 Å². The summed E-state index contributed by atoms with van der Waals surface area (Å²) < 4.78 is 5.48. The van der Waals surface area contributed by atoms with Gasteiger partial charge in [-0.15, -0.1) is 0 Å². The van der Waals surface area contributed by atoms with Crippen molar-refractivity contribution >= 4 is 17.7 Å². The van der Waals surface area contributed by atoms with Gasteiger partial charge in [-0.3, -0.25) is 4.79 Å². The van der Waals surface area contributed by atoms with Crippen LogP contribution in [0, 0.1) is 13.8 Å². The van der Waals surface area contributed by atoms with Crippen LogP contribution in [-0.4, -0.2) is 74.3 Å². The van der Waals surface area contributed by atoms with Crippen LogP contribution in [0.3, 0.4) is 0 Å². The number of anilines is 2. The van der Waals surface area contributed by atoms with E-state index in [1.165, 1.54) is 5.56 Å². The van der Waals surface area contributed by atoms with Crippen molar-refractivity contribution in [2.45, 2.75) is 26.7 Å². The molecule has 2 aliphatic rings. The lowest BCUT2D eigenvalue weighted by atomic mass is 10.1. The van der Waals surface area contributed by atoms with Crippen molar-refractivity contribution in [1.29, 1.82) is 0 Å². The smallest absolute Gasteiger partial charge is 0.253 e. The number of nitrogens with zero attached hydrogens (tertiary/aromatic N) is 5. The van der Waals surface area contributed by atoms with Crippen LogP contribution in [0.5, 0.6) is 0 Å². The van der Waals surface area contributed by atoms with E-state index in [9.17, 15) is 4.79 Å². The molecular weight excluding hydrogens is 378 g/mol. The predicted molar refractivity (Wildman–Crippen MR) is 119 cm³/mol. The molecule has 1 fully saturated rings. The molecule has 0 radical (unpaired) electrons. The number of rotatable bonds is 3. The van der Waals surface area contributed by atoms with Crippen molar-refractivity contribution in [3.63, 3.8) is 0 Å². The molecule has 1 saturated heterocycles. The monoisotopic (exact) mass is 409 g/mol. The quantitative estimate of drug-likeness (QED) is 0.775. The first-order valence-corrected chi connectivity index (χ1v) is 10.7. The minimum Gasteiger partial charge on any atom is -0.378 e. The molecule has 0 spiro atoms. The van der Waals surface area contributed by atoms with Crippen molar-refractivity contribution < 1.29 is 9.53 Å². The fourth-order valence-electron chi connectivity index (χ4n) is 4.10. The first-order chi connectivity index (χ1) is 14.4. The summed E-state index contributed by atoms with van der Waals surface area (Å²) in [6.45, 7) is 8.50. The van der Waals surface area contributed by atoms with Crippen molar-refractivity contribution in [1.82, 2.24) is 14.9 Å². The Labute approximate surface area is 178 Å². The van der Waals surface area contributed by atoms with E-state index in [1.807, 2.05) is 37.2 Å². The number of aryl methyl sites for hydroxylation is 2. The molecule has 160 valence electrons. The number of fused-ring (bicyclic) bond motifs is 1. The molecule has 0 atom stereocenters. The maximum atomic E-state index is 13.2. The summed E-state index contributed by atoms with van der Waals surface area (Å²) in [4.78, 5) is 29.2. The maximum absolute atomic E-state index is 13.2. The molecule has 0 N–H and O–H groups in total. The highest BCUT2D eigenvalue weighted by Gasteiger charge is 2.26. The molecule has 3 heterocycles. The molecule has 7 nitrogen and oxygen atoms in total. The Morgan fingerprint density at radius 2 is 1.73 bits per heavy atom. The third-order valence-corrected chi connectivity index (χ3v) is 6.07. The van der Waals surface area contributed by atoms with E-state index < -0.39 is 0 Å². The Morgan fingerprint density at radius 3 is 2.43 bits per heavy atom. The van der Waals surface area contributed by atoms with E-state index in [4.69, 9.17) is 14.7 Å². The minimum atomic E-state index is 0.0960. The number of carbonyl (C=O) groups excluding carboxylic acids is 1. The number of amides is 1. The Bertz CT molecular complexity index is 937. The predicted octanol–water partition coefficient (Wildman–Crippen LogP) is 2.24. The van der Waals surface area contributed by atoms with Crippen LogP contribution in [0.25, 0.3) is 0 Å². The average Bonchev–Trinajstić information content (AvgIpc) is 2.97. The van der Waals surface area contributed by atoms with Crippen molar-refractivity contribution in [2.75, 3.05) is 63.3 Å². The second-order valence-electron chi connectivity index (χ2n) is 8.36. The van der Waals surface area contributed by atoms with Gasteiger partial charge >= 0.3 is 0 Å². The number of carbonyl (C=O) groups is 1. The van der Waals surface area contributed by atoms with Crippen LogP contribution < -0.4 is 9.80 Å². The van der Waals surface area contributed by atoms with Crippen molar-refractivity contribution in [3.05, 3.63) is 46.1 Å². The minimum absolute atomic E-state index is 0.0960. The zero-order valence-electron chi connectivity index (χ0n) is 18.4. The summed E-state index contributed by atoms with van der Waals surface area (Å²) in [6, 6.07) is 5.96. The lowest BCUT2D eigenvalue weighted by Crippen LogP contribution is -2.38. The summed E-state index contributed by atoms with van der Waals surface area (Å²) in [5.41, 5.74) is 5.33. The Morgan fingerprint density at radius 1 is 1.00 bits per heavy atom. The van der Waals surface area contributed by atoms with Crippen LogP contribution in [0.2, 0.25) is 0 Å². The van der Waals surface area contributed by atoms with E-state index in [0.29, 0.717) is 26.3 Å². The van der Waals surface area contributed by atoms with Gasteiger partial charge in [-0.05, 0) is 43.5 Å². The summed E-state index contributed by atoms with van der Waals surface area (Å²) in [5.74, 6) is 1.83. The summed E-state index contributed by atoms with van der Waals surface area (Å²) in [7, 11) is 4.04. The number of hydrogen-bond acceptors (Lipinski definition) is 6. The van der Waals surface area contributed by atoms with Crippen LogP contribution in [0.1, 0.15) is 32.7 Å². The zero-order valence-corrected chi connectivity index (χ0v) is 18.4. The Kier molecular flexibility index (Phi) is 5.90. The summed E-state index contributed by atoms with van der Waals surface area (Å²) >= 11 is 0. The van der Waals surface area contributed by atoms with Gasteiger partial charge in [-0.2, -0.15) is 4.98 Å². The van der Waals surface area contributed by atoms with E-state index in [1.54, 1.807) is 0 Å². The Balaban J connectivity index is 1.59. The average molecular weight is 410 g/mol.